The number of hydrogen-bond acceptors (Lipinski definition) is 6. The number of carbonyl (C=O) groups excluding carboxylic acids is 3. The van der Waals surface area contributed by atoms with E-state index >= 15 is 0 Å². The number of Topliss-reactive ketones (excluding diaryl/α,β-unsaturated/α-hetero) is 1. The van der Waals surface area contributed by atoms with Gasteiger partial charge in [-0.15, -0.1) is 0 Å². The molecule has 0 radical (unpaired) electrons. The minimum atomic E-state index is -0.520. The van der Waals surface area contributed by atoms with Gasteiger partial charge in [-0.3, -0.25) is 14.4 Å². The number of ketones is 1. The van der Waals surface area contributed by atoms with E-state index in [1.807, 2.05) is 13.8 Å². The fourth-order valence-corrected chi connectivity index (χ4v) is 2.76. The summed E-state index contributed by atoms with van der Waals surface area (Å²) in [4.78, 5) is 36.1. The van der Waals surface area contributed by atoms with Crippen LogP contribution in [0, 0.1) is 5.92 Å². The van der Waals surface area contributed by atoms with E-state index in [2.05, 4.69) is 5.32 Å². The lowest BCUT2D eigenvalue weighted by Gasteiger charge is -2.10. The fourth-order valence-electron chi connectivity index (χ4n) is 2.76. The summed E-state index contributed by atoms with van der Waals surface area (Å²) in [5.41, 5.74) is 1.70. The minimum absolute atomic E-state index is 0.00839. The van der Waals surface area contributed by atoms with Crippen molar-refractivity contribution in [3.05, 3.63) is 53.6 Å². The Bertz CT molecular complexity index is 889. The lowest BCUT2D eigenvalue weighted by Crippen LogP contribution is -2.16. The number of benzene rings is 2. The molecule has 0 atom stereocenters. The standard InChI is InChI=1S/C23H27NO6/c1-15(2)11-22(26)24-18-8-6-17(7-9-18)19(25)14-30-23(27)13-16-5-10-20(28-3)21(12-16)29-4/h5-10,12,15H,11,13-14H2,1-4H3,(H,24,26). The van der Waals surface area contributed by atoms with Crippen molar-refractivity contribution >= 4 is 23.3 Å². The molecule has 0 saturated heterocycles. The highest BCUT2D eigenvalue weighted by molar-refractivity contribution is 5.99. The third-order valence-electron chi connectivity index (χ3n) is 4.24. The molecule has 0 bridgehead atoms. The summed E-state index contributed by atoms with van der Waals surface area (Å²) in [6, 6.07) is 11.6. The molecule has 1 N–H and O–H groups in total. The maximum atomic E-state index is 12.3. The molecule has 2 aromatic carbocycles. The van der Waals surface area contributed by atoms with Crippen LogP contribution in [0.3, 0.4) is 0 Å². The van der Waals surface area contributed by atoms with Gasteiger partial charge in [-0.05, 0) is 47.9 Å². The van der Waals surface area contributed by atoms with E-state index < -0.39 is 5.97 Å². The van der Waals surface area contributed by atoms with Crippen LogP contribution in [-0.4, -0.2) is 38.5 Å². The van der Waals surface area contributed by atoms with Gasteiger partial charge in [-0.25, -0.2) is 0 Å². The Balaban J connectivity index is 1.86. The van der Waals surface area contributed by atoms with Gasteiger partial charge in [-0.1, -0.05) is 19.9 Å². The van der Waals surface area contributed by atoms with Crippen LogP contribution in [0.2, 0.25) is 0 Å². The Morgan fingerprint density at radius 3 is 2.20 bits per heavy atom. The van der Waals surface area contributed by atoms with Crippen molar-refractivity contribution in [3.8, 4) is 11.5 Å². The third kappa shape index (κ3) is 6.92. The van der Waals surface area contributed by atoms with Gasteiger partial charge in [0, 0.05) is 17.7 Å². The maximum absolute atomic E-state index is 12.3. The van der Waals surface area contributed by atoms with E-state index in [4.69, 9.17) is 14.2 Å². The molecule has 0 aliphatic rings. The van der Waals surface area contributed by atoms with E-state index in [0.29, 0.717) is 34.7 Å². The fraction of sp³-hybridized carbons (Fsp3) is 0.348. The molecule has 7 heteroatoms. The van der Waals surface area contributed by atoms with Crippen molar-refractivity contribution in [2.45, 2.75) is 26.7 Å². The predicted octanol–water partition coefficient (Wildman–Crippen LogP) is 3.66. The molecule has 160 valence electrons. The van der Waals surface area contributed by atoms with E-state index in [-0.39, 0.29) is 30.6 Å². The average molecular weight is 413 g/mol. The minimum Gasteiger partial charge on any atom is -0.493 e. The SMILES string of the molecule is COc1ccc(CC(=O)OCC(=O)c2ccc(NC(=O)CC(C)C)cc2)cc1OC. The topological polar surface area (TPSA) is 90.9 Å². The highest BCUT2D eigenvalue weighted by atomic mass is 16.5. The molecule has 2 rings (SSSR count). The number of nitrogens with one attached hydrogen (secondary N) is 1. The summed E-state index contributed by atoms with van der Waals surface area (Å²) >= 11 is 0. The van der Waals surface area contributed by atoms with Gasteiger partial charge < -0.3 is 19.5 Å². The first-order chi connectivity index (χ1) is 14.3. The second-order valence-electron chi connectivity index (χ2n) is 7.17. The lowest BCUT2D eigenvalue weighted by atomic mass is 10.1. The second kappa shape index (κ2) is 11.0. The summed E-state index contributed by atoms with van der Waals surface area (Å²) in [6.45, 7) is 3.58. The molecular formula is C23H27NO6. The smallest absolute Gasteiger partial charge is 0.310 e. The van der Waals surface area contributed by atoms with Gasteiger partial charge in [-0.2, -0.15) is 0 Å². The molecule has 2 aromatic rings. The third-order valence-corrected chi connectivity index (χ3v) is 4.24. The van der Waals surface area contributed by atoms with E-state index in [1.165, 1.54) is 14.2 Å². The highest BCUT2D eigenvalue weighted by Crippen LogP contribution is 2.27. The molecule has 0 aliphatic carbocycles. The molecule has 0 saturated carbocycles. The number of rotatable bonds is 10. The molecule has 30 heavy (non-hydrogen) atoms. The first-order valence-electron chi connectivity index (χ1n) is 9.62. The molecule has 0 spiro atoms. The van der Waals surface area contributed by atoms with Gasteiger partial charge in [0.05, 0.1) is 20.6 Å². The Kier molecular flexibility index (Phi) is 8.41. The van der Waals surface area contributed by atoms with Crippen molar-refractivity contribution in [2.24, 2.45) is 5.92 Å². The van der Waals surface area contributed by atoms with E-state index in [0.717, 1.165) is 0 Å². The van der Waals surface area contributed by atoms with Crippen molar-refractivity contribution in [1.29, 1.82) is 0 Å². The number of carbonyl (C=O) groups is 3. The van der Waals surface area contributed by atoms with Gasteiger partial charge in [0.15, 0.2) is 23.9 Å². The Morgan fingerprint density at radius 1 is 0.933 bits per heavy atom. The highest BCUT2D eigenvalue weighted by Gasteiger charge is 2.13. The van der Waals surface area contributed by atoms with Gasteiger partial charge >= 0.3 is 5.97 Å². The number of hydrogen-bond donors (Lipinski definition) is 1. The monoisotopic (exact) mass is 413 g/mol. The number of anilines is 1. The Hall–Kier alpha value is -3.35. The summed E-state index contributed by atoms with van der Waals surface area (Å²) in [5.74, 6) is 0.421. The Labute approximate surface area is 176 Å². The number of amides is 1. The van der Waals surface area contributed by atoms with Gasteiger partial charge in [0.25, 0.3) is 0 Å². The zero-order valence-electron chi connectivity index (χ0n) is 17.7. The summed E-state index contributed by atoms with van der Waals surface area (Å²) in [7, 11) is 3.04. The first-order valence-corrected chi connectivity index (χ1v) is 9.62. The predicted molar refractivity (Wildman–Crippen MR) is 113 cm³/mol. The van der Waals surface area contributed by atoms with Crippen LogP contribution in [0.1, 0.15) is 36.2 Å². The molecule has 1 amide bonds. The van der Waals surface area contributed by atoms with Crippen LogP contribution in [0.25, 0.3) is 0 Å². The van der Waals surface area contributed by atoms with Crippen LogP contribution in [0.15, 0.2) is 42.5 Å². The zero-order valence-corrected chi connectivity index (χ0v) is 17.7. The van der Waals surface area contributed by atoms with Crippen LogP contribution in [0.4, 0.5) is 5.69 Å². The molecule has 0 heterocycles. The number of ether oxygens (including phenoxy) is 3. The normalized spacial score (nSPS) is 10.4. The quantitative estimate of drug-likeness (QED) is 0.472. The van der Waals surface area contributed by atoms with Gasteiger partial charge in [0.2, 0.25) is 5.91 Å². The molecule has 0 unspecified atom stereocenters. The summed E-state index contributed by atoms with van der Waals surface area (Å²) < 4.78 is 15.5. The average Bonchev–Trinajstić information content (AvgIpc) is 2.71. The van der Waals surface area contributed by atoms with Crippen molar-refractivity contribution < 1.29 is 28.6 Å². The number of esters is 1. The molecular weight excluding hydrogens is 386 g/mol. The van der Waals surface area contributed by atoms with Crippen molar-refractivity contribution in [3.63, 3.8) is 0 Å². The van der Waals surface area contributed by atoms with E-state index in [1.54, 1.807) is 42.5 Å². The molecule has 7 nitrogen and oxygen atoms in total. The zero-order chi connectivity index (χ0) is 22.1. The molecule has 0 aliphatic heterocycles. The van der Waals surface area contributed by atoms with Crippen LogP contribution in [0.5, 0.6) is 11.5 Å². The van der Waals surface area contributed by atoms with Crippen molar-refractivity contribution in [1.82, 2.24) is 0 Å². The molecule has 0 fully saturated rings. The van der Waals surface area contributed by atoms with Crippen LogP contribution >= 0.6 is 0 Å². The summed E-state index contributed by atoms with van der Waals surface area (Å²) in [5, 5.41) is 2.78. The maximum Gasteiger partial charge on any atom is 0.310 e. The Morgan fingerprint density at radius 2 is 1.60 bits per heavy atom. The van der Waals surface area contributed by atoms with Gasteiger partial charge in [0.1, 0.15) is 0 Å². The molecule has 0 aromatic heterocycles. The van der Waals surface area contributed by atoms with Crippen molar-refractivity contribution in [2.75, 3.05) is 26.1 Å². The largest absolute Gasteiger partial charge is 0.493 e. The van der Waals surface area contributed by atoms with Crippen LogP contribution in [-0.2, 0) is 20.7 Å². The first kappa shape index (κ1) is 22.9. The summed E-state index contributed by atoms with van der Waals surface area (Å²) in [6.07, 6.45) is 0.436. The van der Waals surface area contributed by atoms with Crippen LogP contribution < -0.4 is 14.8 Å². The number of methoxy groups -OCH3 is 2. The lowest BCUT2D eigenvalue weighted by molar-refractivity contribution is -0.141. The second-order valence-corrected chi connectivity index (χ2v) is 7.17. The van der Waals surface area contributed by atoms with E-state index in [9.17, 15) is 14.4 Å².